The number of halogens is 1. The van der Waals surface area contributed by atoms with Gasteiger partial charge in [-0.3, -0.25) is 9.69 Å². The molecule has 0 radical (unpaired) electrons. The minimum atomic E-state index is -0.288. The Morgan fingerprint density at radius 3 is 2.63 bits per heavy atom. The fourth-order valence-electron chi connectivity index (χ4n) is 3.54. The minimum absolute atomic E-state index is 0.0655. The van der Waals surface area contributed by atoms with E-state index in [9.17, 15) is 9.18 Å². The number of rotatable bonds is 6. The van der Waals surface area contributed by atoms with E-state index in [0.717, 1.165) is 32.5 Å². The van der Waals surface area contributed by atoms with Crippen molar-refractivity contribution in [3.63, 3.8) is 0 Å². The molecule has 0 spiro atoms. The number of morpholine rings is 1. The molecule has 1 atom stereocenters. The fraction of sp³-hybridized carbons (Fsp3) is 0.571. The predicted molar refractivity (Wildman–Crippen MR) is 102 cm³/mol. The quantitative estimate of drug-likeness (QED) is 0.716. The van der Waals surface area contributed by atoms with Crippen LogP contribution in [-0.2, 0) is 9.53 Å². The number of nitrogens with zero attached hydrogens (tertiary/aromatic N) is 2. The van der Waals surface area contributed by atoms with Crippen molar-refractivity contribution in [2.45, 2.75) is 38.8 Å². The molecule has 1 aromatic rings. The summed E-state index contributed by atoms with van der Waals surface area (Å²) in [5.41, 5.74) is 1.34. The van der Waals surface area contributed by atoms with Crippen molar-refractivity contribution >= 4 is 5.91 Å². The molecule has 0 saturated carbocycles. The average Bonchev–Trinajstić information content (AvgIpc) is 2.67. The Labute approximate surface area is 160 Å². The number of benzene rings is 1. The first-order valence-electron chi connectivity index (χ1n) is 9.66. The van der Waals surface area contributed by atoms with Crippen LogP contribution < -0.4 is 4.74 Å². The van der Waals surface area contributed by atoms with Crippen LogP contribution in [0.2, 0.25) is 0 Å². The topological polar surface area (TPSA) is 42.0 Å². The molecule has 148 valence electrons. The molecule has 3 rings (SSSR count). The van der Waals surface area contributed by atoms with Gasteiger partial charge in [0.25, 0.3) is 0 Å². The molecule has 2 aliphatic heterocycles. The molecule has 5 nitrogen and oxygen atoms in total. The summed E-state index contributed by atoms with van der Waals surface area (Å²) in [4.78, 5) is 16.7. The first-order valence-corrected chi connectivity index (χ1v) is 9.66. The SMILES string of the molecule is CC(C)=CCN1CCC(N2CC(COc3ccc(F)cc3)OCC2=O)CC1. The summed E-state index contributed by atoms with van der Waals surface area (Å²) < 4.78 is 24.3. The molecule has 0 bridgehead atoms. The van der Waals surface area contributed by atoms with Crippen molar-refractivity contribution in [2.24, 2.45) is 0 Å². The maximum absolute atomic E-state index is 13.0. The molecule has 1 unspecified atom stereocenters. The number of amides is 1. The summed E-state index contributed by atoms with van der Waals surface area (Å²) in [5.74, 6) is 0.385. The lowest BCUT2D eigenvalue weighted by atomic mass is 10.0. The summed E-state index contributed by atoms with van der Waals surface area (Å²) in [5, 5.41) is 0. The van der Waals surface area contributed by atoms with E-state index in [-0.39, 0.29) is 30.5 Å². The zero-order valence-corrected chi connectivity index (χ0v) is 16.2. The molecule has 0 aliphatic carbocycles. The zero-order valence-electron chi connectivity index (χ0n) is 16.2. The third kappa shape index (κ3) is 5.78. The molecule has 0 aromatic heterocycles. The maximum atomic E-state index is 13.0. The Balaban J connectivity index is 1.48. The van der Waals surface area contributed by atoms with E-state index in [1.165, 1.54) is 17.7 Å². The van der Waals surface area contributed by atoms with Crippen LogP contribution in [0, 0.1) is 5.82 Å². The van der Waals surface area contributed by atoms with Gasteiger partial charge < -0.3 is 14.4 Å². The number of piperidine rings is 1. The van der Waals surface area contributed by atoms with E-state index in [2.05, 4.69) is 24.8 Å². The molecule has 2 aliphatic rings. The Kier molecular flexibility index (Phi) is 6.85. The second kappa shape index (κ2) is 9.33. The van der Waals surface area contributed by atoms with E-state index in [1.54, 1.807) is 12.1 Å². The standard InChI is InChI=1S/C21H29FN2O3/c1-16(2)7-10-23-11-8-18(9-12-23)24-13-20(27-15-21(24)25)14-26-19-5-3-17(22)4-6-19/h3-7,18,20H,8-15H2,1-2H3. The molecule has 0 N–H and O–H groups in total. The molecule has 1 aromatic carbocycles. The van der Waals surface area contributed by atoms with Crippen LogP contribution in [-0.4, -0.2) is 67.2 Å². The summed E-state index contributed by atoms with van der Waals surface area (Å²) in [6.45, 7) is 8.26. The number of likely N-dealkylation sites (tertiary alicyclic amines) is 1. The smallest absolute Gasteiger partial charge is 0.248 e. The van der Waals surface area contributed by atoms with Crippen molar-refractivity contribution in [2.75, 3.05) is 39.4 Å². The monoisotopic (exact) mass is 376 g/mol. The lowest BCUT2D eigenvalue weighted by Crippen LogP contribution is -2.55. The fourth-order valence-corrected chi connectivity index (χ4v) is 3.54. The van der Waals surface area contributed by atoms with Gasteiger partial charge in [0.15, 0.2) is 0 Å². The highest BCUT2D eigenvalue weighted by molar-refractivity contribution is 5.78. The van der Waals surface area contributed by atoms with Crippen molar-refractivity contribution in [3.8, 4) is 5.75 Å². The van der Waals surface area contributed by atoms with Gasteiger partial charge in [-0.1, -0.05) is 11.6 Å². The van der Waals surface area contributed by atoms with Gasteiger partial charge in [0.1, 0.15) is 30.9 Å². The number of hydrogen-bond acceptors (Lipinski definition) is 4. The van der Waals surface area contributed by atoms with Gasteiger partial charge >= 0.3 is 0 Å². The first kappa shape index (κ1) is 19.8. The van der Waals surface area contributed by atoms with Crippen LogP contribution in [0.4, 0.5) is 4.39 Å². The summed E-state index contributed by atoms with van der Waals surface area (Å²) in [6.07, 6.45) is 4.08. The second-order valence-corrected chi connectivity index (χ2v) is 7.56. The van der Waals surface area contributed by atoms with Gasteiger partial charge in [0.2, 0.25) is 5.91 Å². The molecule has 2 saturated heterocycles. The lowest BCUT2D eigenvalue weighted by Gasteiger charge is -2.42. The van der Waals surface area contributed by atoms with Gasteiger partial charge in [0.05, 0.1) is 6.54 Å². The third-order valence-electron chi connectivity index (χ3n) is 5.17. The van der Waals surface area contributed by atoms with Crippen molar-refractivity contribution in [1.29, 1.82) is 0 Å². The Morgan fingerprint density at radius 2 is 1.96 bits per heavy atom. The number of ether oxygens (including phenoxy) is 2. The third-order valence-corrected chi connectivity index (χ3v) is 5.17. The minimum Gasteiger partial charge on any atom is -0.491 e. The lowest BCUT2D eigenvalue weighted by molar-refractivity contribution is -0.155. The van der Waals surface area contributed by atoms with E-state index in [1.807, 2.05) is 4.90 Å². The van der Waals surface area contributed by atoms with E-state index >= 15 is 0 Å². The van der Waals surface area contributed by atoms with Gasteiger partial charge in [-0.05, 0) is 51.0 Å². The molecular formula is C21H29FN2O3. The number of hydrogen-bond donors (Lipinski definition) is 0. The summed E-state index contributed by atoms with van der Waals surface area (Å²) in [6, 6.07) is 6.22. The average molecular weight is 376 g/mol. The van der Waals surface area contributed by atoms with Gasteiger partial charge in [-0.2, -0.15) is 0 Å². The molecule has 2 heterocycles. The van der Waals surface area contributed by atoms with Crippen LogP contribution in [0.25, 0.3) is 0 Å². The Morgan fingerprint density at radius 1 is 1.26 bits per heavy atom. The van der Waals surface area contributed by atoms with E-state index < -0.39 is 0 Å². The Hall–Kier alpha value is -1.92. The van der Waals surface area contributed by atoms with Crippen molar-refractivity contribution < 1.29 is 18.7 Å². The largest absolute Gasteiger partial charge is 0.491 e. The van der Waals surface area contributed by atoms with Crippen molar-refractivity contribution in [1.82, 2.24) is 9.80 Å². The first-order chi connectivity index (χ1) is 13.0. The number of carbonyl (C=O) groups excluding carboxylic acids is 1. The van der Waals surface area contributed by atoms with Crippen LogP contribution in [0.5, 0.6) is 5.75 Å². The highest BCUT2D eigenvalue weighted by atomic mass is 19.1. The van der Waals surface area contributed by atoms with Gasteiger partial charge in [-0.15, -0.1) is 0 Å². The van der Waals surface area contributed by atoms with Crippen LogP contribution in [0.1, 0.15) is 26.7 Å². The summed E-state index contributed by atoms with van der Waals surface area (Å²) in [7, 11) is 0. The second-order valence-electron chi connectivity index (χ2n) is 7.56. The molecule has 2 fully saturated rings. The summed E-state index contributed by atoms with van der Waals surface area (Å²) >= 11 is 0. The van der Waals surface area contributed by atoms with Crippen LogP contribution in [0.3, 0.4) is 0 Å². The highest BCUT2D eigenvalue weighted by Crippen LogP contribution is 2.21. The molecule has 6 heteroatoms. The van der Waals surface area contributed by atoms with Gasteiger partial charge in [0, 0.05) is 25.7 Å². The van der Waals surface area contributed by atoms with Crippen LogP contribution >= 0.6 is 0 Å². The number of carbonyl (C=O) groups is 1. The van der Waals surface area contributed by atoms with Crippen LogP contribution in [0.15, 0.2) is 35.9 Å². The molecular weight excluding hydrogens is 347 g/mol. The zero-order chi connectivity index (χ0) is 19.2. The Bertz CT molecular complexity index is 650. The maximum Gasteiger partial charge on any atom is 0.248 e. The molecule has 27 heavy (non-hydrogen) atoms. The van der Waals surface area contributed by atoms with E-state index in [0.29, 0.717) is 18.9 Å². The van der Waals surface area contributed by atoms with Crippen molar-refractivity contribution in [3.05, 3.63) is 41.7 Å². The number of allylic oxidation sites excluding steroid dienone is 1. The molecule has 1 amide bonds. The normalized spacial score (nSPS) is 22.0. The predicted octanol–water partition coefficient (Wildman–Crippen LogP) is 2.86. The van der Waals surface area contributed by atoms with E-state index in [4.69, 9.17) is 9.47 Å². The van der Waals surface area contributed by atoms with Gasteiger partial charge in [-0.25, -0.2) is 4.39 Å². The highest BCUT2D eigenvalue weighted by Gasteiger charge is 2.33.